The number of hydrogen-bond acceptors (Lipinski definition) is 3. The quantitative estimate of drug-likeness (QED) is 0.650. The maximum atomic E-state index is 12.0. The molecule has 0 radical (unpaired) electrons. The van der Waals surface area contributed by atoms with Gasteiger partial charge in [-0.2, -0.15) is 0 Å². The van der Waals surface area contributed by atoms with Gasteiger partial charge in [0.2, 0.25) is 5.91 Å². The average Bonchev–Trinajstić information content (AvgIpc) is 2.47. The molecule has 0 spiro atoms. The third kappa shape index (κ3) is 2.39. The Morgan fingerprint density at radius 1 is 1.71 bits per heavy atom. The number of carbonyl (C=O) groups excluding carboxylic acids is 1. The third-order valence-corrected chi connectivity index (χ3v) is 2.34. The summed E-state index contributed by atoms with van der Waals surface area (Å²) < 4.78 is 24.0. The van der Waals surface area contributed by atoms with Gasteiger partial charge in [0.25, 0.3) is 6.43 Å². The number of hydrogen-bond donors (Lipinski definition) is 2. The molecule has 1 aliphatic rings. The Morgan fingerprint density at radius 3 is 2.79 bits per heavy atom. The van der Waals surface area contributed by atoms with Crippen molar-refractivity contribution >= 4 is 5.91 Å². The molecule has 1 aliphatic heterocycles. The molecule has 14 heavy (non-hydrogen) atoms. The van der Waals surface area contributed by atoms with Gasteiger partial charge in [-0.15, -0.1) is 0 Å². The monoisotopic (exact) mass is 208 g/mol. The number of β-amino-alcohol motifs (C(OH)–C–C–N with tert-alkyl or cyclic N) is 1. The molecule has 0 aromatic rings. The lowest BCUT2D eigenvalue weighted by Crippen LogP contribution is -2.41. The Labute approximate surface area is 80.9 Å². The molecule has 82 valence electrons. The van der Waals surface area contributed by atoms with Crippen LogP contribution in [0.3, 0.4) is 0 Å². The molecule has 1 saturated heterocycles. The first-order valence-electron chi connectivity index (χ1n) is 4.48. The number of halogens is 2. The van der Waals surface area contributed by atoms with Crippen molar-refractivity contribution in [2.45, 2.75) is 25.0 Å². The Morgan fingerprint density at radius 2 is 2.36 bits per heavy atom. The van der Waals surface area contributed by atoms with Gasteiger partial charge in [-0.25, -0.2) is 8.78 Å². The zero-order valence-corrected chi connectivity index (χ0v) is 7.91. The number of carbonyl (C=O) groups is 1. The largest absolute Gasteiger partial charge is 0.385 e. The molecule has 0 aromatic heterocycles. The van der Waals surface area contributed by atoms with Crippen LogP contribution in [0.2, 0.25) is 0 Å². The van der Waals surface area contributed by atoms with E-state index in [1.165, 1.54) is 4.90 Å². The average molecular weight is 208 g/mol. The first-order valence-corrected chi connectivity index (χ1v) is 4.48. The van der Waals surface area contributed by atoms with E-state index in [1.807, 2.05) is 0 Å². The van der Waals surface area contributed by atoms with Crippen molar-refractivity contribution in [2.24, 2.45) is 0 Å². The Bertz CT molecular complexity index is 214. The number of alkyl halides is 2. The van der Waals surface area contributed by atoms with Crippen LogP contribution >= 0.6 is 0 Å². The zero-order valence-electron chi connectivity index (χ0n) is 7.91. The highest BCUT2D eigenvalue weighted by Crippen LogP contribution is 2.13. The minimum atomic E-state index is -2.79. The van der Waals surface area contributed by atoms with Crippen molar-refractivity contribution < 1.29 is 18.7 Å². The van der Waals surface area contributed by atoms with E-state index in [9.17, 15) is 13.6 Å². The van der Waals surface area contributed by atoms with E-state index in [4.69, 9.17) is 5.11 Å². The highest BCUT2D eigenvalue weighted by Gasteiger charge is 2.32. The lowest BCUT2D eigenvalue weighted by Gasteiger charge is -2.19. The first kappa shape index (κ1) is 11.3. The van der Waals surface area contributed by atoms with Crippen LogP contribution in [0.1, 0.15) is 6.42 Å². The number of amides is 1. The molecule has 2 N–H and O–H groups in total. The van der Waals surface area contributed by atoms with Crippen molar-refractivity contribution in [1.29, 1.82) is 0 Å². The molecular formula is C8H14F2N2O2. The Balaban J connectivity index is 2.44. The molecule has 1 rings (SSSR count). The fourth-order valence-corrected chi connectivity index (χ4v) is 1.49. The van der Waals surface area contributed by atoms with Crippen molar-refractivity contribution in [3.05, 3.63) is 0 Å². The molecule has 0 saturated carbocycles. The van der Waals surface area contributed by atoms with Crippen molar-refractivity contribution in [3.8, 4) is 0 Å². The van der Waals surface area contributed by atoms with E-state index in [1.54, 1.807) is 7.05 Å². The van der Waals surface area contributed by atoms with Crippen molar-refractivity contribution in [3.63, 3.8) is 0 Å². The molecule has 1 fully saturated rings. The summed E-state index contributed by atoms with van der Waals surface area (Å²) in [4.78, 5) is 12.7. The van der Waals surface area contributed by atoms with E-state index < -0.39 is 12.5 Å². The van der Waals surface area contributed by atoms with E-state index >= 15 is 0 Å². The SMILES string of the molecule is CNC1CCN(CC(O)C(F)F)C1=O. The van der Waals surface area contributed by atoms with Crippen LogP contribution in [0.25, 0.3) is 0 Å². The van der Waals surface area contributed by atoms with Gasteiger partial charge >= 0.3 is 0 Å². The predicted molar refractivity (Wildman–Crippen MR) is 46.1 cm³/mol. The normalized spacial score (nSPS) is 24.8. The van der Waals surface area contributed by atoms with Gasteiger partial charge in [0.15, 0.2) is 0 Å². The molecule has 1 amide bonds. The third-order valence-electron chi connectivity index (χ3n) is 2.34. The van der Waals surface area contributed by atoms with Crippen LogP contribution < -0.4 is 5.32 Å². The molecule has 0 aliphatic carbocycles. The van der Waals surface area contributed by atoms with Crippen LogP contribution in [0.15, 0.2) is 0 Å². The second-order valence-corrected chi connectivity index (χ2v) is 3.32. The summed E-state index contributed by atoms with van der Waals surface area (Å²) in [6.45, 7) is 0.142. The van der Waals surface area contributed by atoms with Gasteiger partial charge in [0, 0.05) is 6.54 Å². The summed E-state index contributed by atoms with van der Waals surface area (Å²) in [7, 11) is 1.65. The molecule has 6 heteroatoms. The molecule has 2 atom stereocenters. The highest BCUT2D eigenvalue weighted by atomic mass is 19.3. The summed E-state index contributed by atoms with van der Waals surface area (Å²) in [6, 6.07) is -0.292. The number of nitrogens with one attached hydrogen (secondary N) is 1. The fraction of sp³-hybridized carbons (Fsp3) is 0.875. The zero-order chi connectivity index (χ0) is 10.7. The number of aliphatic hydroxyl groups excluding tert-OH is 1. The highest BCUT2D eigenvalue weighted by molar-refractivity contribution is 5.83. The van der Waals surface area contributed by atoms with Crippen LogP contribution in [-0.4, -0.2) is 54.6 Å². The van der Waals surface area contributed by atoms with E-state index in [-0.39, 0.29) is 18.5 Å². The van der Waals surface area contributed by atoms with Gasteiger partial charge in [-0.3, -0.25) is 4.79 Å². The van der Waals surface area contributed by atoms with Crippen molar-refractivity contribution in [2.75, 3.05) is 20.1 Å². The number of aliphatic hydroxyl groups is 1. The molecule has 4 nitrogen and oxygen atoms in total. The van der Waals surface area contributed by atoms with Crippen LogP contribution in [0.5, 0.6) is 0 Å². The smallest absolute Gasteiger partial charge is 0.265 e. The summed E-state index contributed by atoms with van der Waals surface area (Å²) in [6.07, 6.45) is -3.93. The summed E-state index contributed by atoms with van der Waals surface area (Å²) in [5.41, 5.74) is 0. The van der Waals surface area contributed by atoms with Crippen LogP contribution in [0, 0.1) is 0 Å². The van der Waals surface area contributed by atoms with Crippen LogP contribution in [0.4, 0.5) is 8.78 Å². The minimum absolute atomic E-state index is 0.216. The number of likely N-dealkylation sites (N-methyl/N-ethyl adjacent to an activating group) is 1. The van der Waals surface area contributed by atoms with Crippen molar-refractivity contribution in [1.82, 2.24) is 10.2 Å². The summed E-state index contributed by atoms with van der Waals surface area (Å²) in [5, 5.41) is 11.7. The molecule has 2 unspecified atom stereocenters. The topological polar surface area (TPSA) is 52.6 Å². The maximum absolute atomic E-state index is 12.0. The van der Waals surface area contributed by atoms with Gasteiger partial charge in [0.05, 0.1) is 12.6 Å². The van der Waals surface area contributed by atoms with E-state index in [0.717, 1.165) is 0 Å². The molecular weight excluding hydrogens is 194 g/mol. The van der Waals surface area contributed by atoms with Gasteiger partial charge in [-0.1, -0.05) is 0 Å². The maximum Gasteiger partial charge on any atom is 0.265 e. The molecule has 1 heterocycles. The van der Waals surface area contributed by atoms with Gasteiger partial charge in [-0.05, 0) is 13.5 Å². The van der Waals surface area contributed by atoms with Crippen LogP contribution in [-0.2, 0) is 4.79 Å². The second-order valence-electron chi connectivity index (χ2n) is 3.32. The number of likely N-dealkylation sites (tertiary alicyclic amines) is 1. The lowest BCUT2D eigenvalue weighted by atomic mass is 10.2. The first-order chi connectivity index (χ1) is 6.56. The van der Waals surface area contributed by atoms with E-state index in [2.05, 4.69) is 5.32 Å². The Kier molecular flexibility index (Phi) is 3.77. The number of nitrogens with zero attached hydrogens (tertiary/aromatic N) is 1. The van der Waals surface area contributed by atoms with Gasteiger partial charge in [0.1, 0.15) is 6.10 Å². The standard InChI is InChI=1S/C8H14F2N2O2/c1-11-5-2-3-12(8(5)14)4-6(13)7(9)10/h5-7,11,13H,2-4H2,1H3. The fourth-order valence-electron chi connectivity index (χ4n) is 1.49. The lowest BCUT2D eigenvalue weighted by molar-refractivity contribution is -0.131. The minimum Gasteiger partial charge on any atom is -0.385 e. The van der Waals surface area contributed by atoms with Gasteiger partial charge < -0.3 is 15.3 Å². The number of rotatable bonds is 4. The molecule has 0 bridgehead atoms. The molecule has 0 aromatic carbocycles. The van der Waals surface area contributed by atoms with E-state index in [0.29, 0.717) is 13.0 Å². The second kappa shape index (κ2) is 4.65. The Hall–Kier alpha value is -0.750. The predicted octanol–water partition coefficient (Wildman–Crippen LogP) is -0.567. The summed E-state index contributed by atoms with van der Waals surface area (Å²) in [5.74, 6) is -0.216. The summed E-state index contributed by atoms with van der Waals surface area (Å²) >= 11 is 0.